The Labute approximate surface area is 104 Å². The molecule has 0 radical (unpaired) electrons. The number of rotatable bonds is 3. The Bertz CT molecular complexity index is 399. The second-order valence-corrected chi connectivity index (χ2v) is 4.84. The lowest BCUT2D eigenvalue weighted by Gasteiger charge is -2.20. The van der Waals surface area contributed by atoms with E-state index in [0.717, 1.165) is 25.9 Å². The molecule has 1 fully saturated rings. The van der Waals surface area contributed by atoms with Crippen LogP contribution in [0.5, 0.6) is 0 Å². The summed E-state index contributed by atoms with van der Waals surface area (Å²) in [5.41, 5.74) is 2.02. The van der Waals surface area contributed by atoms with Gasteiger partial charge in [-0.3, -0.25) is 9.59 Å². The van der Waals surface area contributed by atoms with Gasteiger partial charge in [-0.15, -0.1) is 11.3 Å². The van der Waals surface area contributed by atoms with E-state index in [9.17, 15) is 9.59 Å². The van der Waals surface area contributed by atoms with Crippen molar-refractivity contribution in [3.05, 3.63) is 16.6 Å². The molecular formula is C11H15N3O2S. The zero-order valence-corrected chi connectivity index (χ0v) is 10.6. The minimum atomic E-state index is -0.196. The number of nitrogens with zero attached hydrogens (tertiary/aromatic N) is 3. The van der Waals surface area contributed by atoms with E-state index in [4.69, 9.17) is 0 Å². The van der Waals surface area contributed by atoms with Crippen molar-refractivity contribution in [2.75, 3.05) is 26.7 Å². The fourth-order valence-electron chi connectivity index (χ4n) is 1.85. The van der Waals surface area contributed by atoms with E-state index >= 15 is 0 Å². The Kier molecular flexibility index (Phi) is 3.73. The number of likely N-dealkylation sites (N-methyl/N-ethyl adjacent to an activating group) is 1. The van der Waals surface area contributed by atoms with Gasteiger partial charge in [0.2, 0.25) is 5.91 Å². The third-order valence-electron chi connectivity index (χ3n) is 2.83. The van der Waals surface area contributed by atoms with Crippen molar-refractivity contribution in [3.63, 3.8) is 0 Å². The first-order valence-electron chi connectivity index (χ1n) is 5.60. The molecule has 1 saturated heterocycles. The molecule has 5 nitrogen and oxygen atoms in total. The molecule has 1 aliphatic rings. The summed E-state index contributed by atoms with van der Waals surface area (Å²) in [5.74, 6) is -0.174. The zero-order chi connectivity index (χ0) is 12.3. The summed E-state index contributed by atoms with van der Waals surface area (Å²) < 4.78 is 0. The average Bonchev–Trinajstić information content (AvgIpc) is 3.00. The monoisotopic (exact) mass is 253 g/mol. The fourth-order valence-corrected chi connectivity index (χ4v) is 2.38. The number of carbonyl (C=O) groups excluding carboxylic acids is 2. The summed E-state index contributed by atoms with van der Waals surface area (Å²) in [5, 5.41) is 1.69. The molecule has 0 aliphatic carbocycles. The summed E-state index contributed by atoms with van der Waals surface area (Å²) in [6, 6.07) is 0. The molecule has 92 valence electrons. The maximum absolute atomic E-state index is 11.9. The SMILES string of the molecule is CN(CC(=O)N1CCCC1)C(=O)c1cscn1. The number of aromatic nitrogens is 1. The zero-order valence-electron chi connectivity index (χ0n) is 9.76. The van der Waals surface area contributed by atoms with Gasteiger partial charge in [-0.1, -0.05) is 0 Å². The molecule has 17 heavy (non-hydrogen) atoms. The maximum atomic E-state index is 11.9. The molecule has 0 spiro atoms. The van der Waals surface area contributed by atoms with Crippen molar-refractivity contribution in [3.8, 4) is 0 Å². The highest BCUT2D eigenvalue weighted by Crippen LogP contribution is 2.09. The number of likely N-dealkylation sites (tertiary alicyclic amines) is 1. The van der Waals surface area contributed by atoms with Crippen LogP contribution >= 0.6 is 11.3 Å². The molecule has 2 rings (SSSR count). The predicted octanol–water partition coefficient (Wildman–Crippen LogP) is 0.837. The Morgan fingerprint density at radius 3 is 2.76 bits per heavy atom. The molecule has 1 aromatic rings. The minimum absolute atomic E-state index is 0.0218. The second kappa shape index (κ2) is 5.27. The molecule has 6 heteroatoms. The smallest absolute Gasteiger partial charge is 0.273 e. The van der Waals surface area contributed by atoms with Crippen LogP contribution < -0.4 is 0 Å². The molecule has 0 N–H and O–H groups in total. The van der Waals surface area contributed by atoms with E-state index in [0.29, 0.717) is 5.69 Å². The number of thiazole rings is 1. The van der Waals surface area contributed by atoms with Crippen LogP contribution in [-0.4, -0.2) is 53.3 Å². The van der Waals surface area contributed by atoms with Crippen molar-refractivity contribution in [2.45, 2.75) is 12.8 Å². The van der Waals surface area contributed by atoms with Gasteiger partial charge in [0, 0.05) is 25.5 Å². The first kappa shape index (κ1) is 12.0. The lowest BCUT2D eigenvalue weighted by Crippen LogP contribution is -2.39. The van der Waals surface area contributed by atoms with E-state index in [2.05, 4.69) is 4.98 Å². The van der Waals surface area contributed by atoms with E-state index in [1.807, 2.05) is 4.90 Å². The van der Waals surface area contributed by atoms with E-state index in [1.165, 1.54) is 16.2 Å². The highest BCUT2D eigenvalue weighted by atomic mass is 32.1. The molecule has 0 unspecified atom stereocenters. The minimum Gasteiger partial charge on any atom is -0.341 e. The molecule has 0 atom stereocenters. The standard InChI is InChI=1S/C11H15N3O2S/c1-13(11(16)9-7-17-8-12-9)6-10(15)14-4-2-3-5-14/h7-8H,2-6H2,1H3. The van der Waals surface area contributed by atoms with Gasteiger partial charge in [0.1, 0.15) is 5.69 Å². The Hall–Kier alpha value is -1.43. The van der Waals surface area contributed by atoms with Crippen molar-refractivity contribution in [1.29, 1.82) is 0 Å². The van der Waals surface area contributed by atoms with Crippen LogP contribution in [0.3, 0.4) is 0 Å². The molecule has 0 bridgehead atoms. The maximum Gasteiger partial charge on any atom is 0.273 e. The van der Waals surface area contributed by atoms with Crippen LogP contribution in [0.2, 0.25) is 0 Å². The third kappa shape index (κ3) is 2.82. The van der Waals surface area contributed by atoms with Crippen molar-refractivity contribution in [1.82, 2.24) is 14.8 Å². The third-order valence-corrected chi connectivity index (χ3v) is 3.42. The highest BCUT2D eigenvalue weighted by molar-refractivity contribution is 7.07. The van der Waals surface area contributed by atoms with Crippen molar-refractivity contribution >= 4 is 23.2 Å². The van der Waals surface area contributed by atoms with Gasteiger partial charge in [0.15, 0.2) is 0 Å². The lowest BCUT2D eigenvalue weighted by atomic mass is 10.4. The van der Waals surface area contributed by atoms with Gasteiger partial charge < -0.3 is 9.80 Å². The summed E-state index contributed by atoms with van der Waals surface area (Å²) in [6.45, 7) is 1.77. The van der Waals surface area contributed by atoms with E-state index in [1.54, 1.807) is 17.9 Å². The Morgan fingerprint density at radius 2 is 2.18 bits per heavy atom. The highest BCUT2D eigenvalue weighted by Gasteiger charge is 2.22. The van der Waals surface area contributed by atoms with Gasteiger partial charge in [0.05, 0.1) is 12.1 Å². The lowest BCUT2D eigenvalue weighted by molar-refractivity contribution is -0.130. The normalized spacial score (nSPS) is 15.0. The van der Waals surface area contributed by atoms with Crippen LogP contribution in [-0.2, 0) is 4.79 Å². The largest absolute Gasteiger partial charge is 0.341 e. The summed E-state index contributed by atoms with van der Waals surface area (Å²) in [4.78, 5) is 30.9. The number of amides is 2. The first-order chi connectivity index (χ1) is 8.18. The van der Waals surface area contributed by atoms with E-state index < -0.39 is 0 Å². The average molecular weight is 253 g/mol. The summed E-state index contributed by atoms with van der Waals surface area (Å²) in [6.07, 6.45) is 2.13. The summed E-state index contributed by atoms with van der Waals surface area (Å²) >= 11 is 1.38. The summed E-state index contributed by atoms with van der Waals surface area (Å²) in [7, 11) is 1.63. The Morgan fingerprint density at radius 1 is 1.47 bits per heavy atom. The predicted molar refractivity (Wildman–Crippen MR) is 64.9 cm³/mol. The van der Waals surface area contributed by atoms with Gasteiger partial charge in [-0.2, -0.15) is 0 Å². The number of hydrogen-bond acceptors (Lipinski definition) is 4. The van der Waals surface area contributed by atoms with Crippen molar-refractivity contribution in [2.24, 2.45) is 0 Å². The number of hydrogen-bond donors (Lipinski definition) is 0. The van der Waals surface area contributed by atoms with Crippen molar-refractivity contribution < 1.29 is 9.59 Å². The topological polar surface area (TPSA) is 53.5 Å². The molecule has 2 amide bonds. The molecule has 0 saturated carbocycles. The molecule has 1 aliphatic heterocycles. The van der Waals surface area contributed by atoms with Gasteiger partial charge in [-0.05, 0) is 12.8 Å². The fraction of sp³-hybridized carbons (Fsp3) is 0.545. The molecule has 1 aromatic heterocycles. The Balaban J connectivity index is 1.90. The molecular weight excluding hydrogens is 238 g/mol. The van der Waals surface area contributed by atoms with Gasteiger partial charge >= 0.3 is 0 Å². The van der Waals surface area contributed by atoms with Crippen LogP contribution in [0.25, 0.3) is 0 Å². The molecule has 0 aromatic carbocycles. The van der Waals surface area contributed by atoms with E-state index in [-0.39, 0.29) is 18.4 Å². The quantitative estimate of drug-likeness (QED) is 0.802. The van der Waals surface area contributed by atoms with Gasteiger partial charge in [0.25, 0.3) is 5.91 Å². The van der Waals surface area contributed by atoms with Crippen LogP contribution in [0.1, 0.15) is 23.3 Å². The molecule has 2 heterocycles. The first-order valence-corrected chi connectivity index (χ1v) is 6.54. The van der Waals surface area contributed by atoms with Crippen LogP contribution in [0.15, 0.2) is 10.9 Å². The van der Waals surface area contributed by atoms with Crippen LogP contribution in [0.4, 0.5) is 0 Å². The second-order valence-electron chi connectivity index (χ2n) is 4.12. The van der Waals surface area contributed by atoms with Crippen LogP contribution in [0, 0.1) is 0 Å². The number of carbonyl (C=O) groups is 2. The van der Waals surface area contributed by atoms with Gasteiger partial charge in [-0.25, -0.2) is 4.98 Å².